The number of nitrogens with one attached hydrogen (secondary N) is 1. The Bertz CT molecular complexity index is 1100. The molecule has 1 aromatic carbocycles. The SMILES string of the molecule is CCOC(C)(C)CC#Cc1cccc(NC(=O)c2ccn3c(C)cc(C)nc23)c1. The molecule has 2 aromatic heterocycles. The minimum Gasteiger partial charge on any atom is -0.375 e. The first kappa shape index (κ1) is 20.6. The molecule has 0 bridgehead atoms. The molecule has 29 heavy (non-hydrogen) atoms. The number of hydrogen-bond acceptors (Lipinski definition) is 3. The highest BCUT2D eigenvalue weighted by Gasteiger charge is 2.16. The van der Waals surface area contributed by atoms with E-state index >= 15 is 0 Å². The van der Waals surface area contributed by atoms with Gasteiger partial charge in [0.2, 0.25) is 0 Å². The molecule has 1 N–H and O–H groups in total. The lowest BCUT2D eigenvalue weighted by Crippen LogP contribution is -2.23. The average Bonchev–Trinajstić information content (AvgIpc) is 3.06. The summed E-state index contributed by atoms with van der Waals surface area (Å²) in [4.78, 5) is 17.3. The van der Waals surface area contributed by atoms with Crippen molar-refractivity contribution in [2.45, 2.75) is 46.6 Å². The Balaban J connectivity index is 1.77. The molecule has 2 heterocycles. The van der Waals surface area contributed by atoms with Gasteiger partial charge < -0.3 is 14.5 Å². The zero-order valence-electron chi connectivity index (χ0n) is 17.7. The van der Waals surface area contributed by atoms with E-state index in [9.17, 15) is 4.79 Å². The lowest BCUT2D eigenvalue weighted by atomic mass is 10.1. The van der Waals surface area contributed by atoms with E-state index in [0.29, 0.717) is 29.9 Å². The monoisotopic (exact) mass is 389 g/mol. The van der Waals surface area contributed by atoms with Gasteiger partial charge in [0, 0.05) is 41.9 Å². The van der Waals surface area contributed by atoms with Gasteiger partial charge in [-0.25, -0.2) is 4.98 Å². The topological polar surface area (TPSA) is 55.6 Å². The van der Waals surface area contributed by atoms with Crippen molar-refractivity contribution in [3.8, 4) is 11.8 Å². The molecule has 1 amide bonds. The van der Waals surface area contributed by atoms with Crippen molar-refractivity contribution in [3.63, 3.8) is 0 Å². The fourth-order valence-electron chi connectivity index (χ4n) is 3.25. The predicted octanol–water partition coefficient (Wildman–Crippen LogP) is 4.76. The Kier molecular flexibility index (Phi) is 6.05. The number of amides is 1. The molecule has 0 aliphatic carbocycles. The van der Waals surface area contributed by atoms with Crippen LogP contribution in [-0.2, 0) is 4.74 Å². The van der Waals surface area contributed by atoms with Gasteiger partial charge in [0.25, 0.3) is 5.91 Å². The van der Waals surface area contributed by atoms with E-state index in [1.54, 1.807) is 6.07 Å². The summed E-state index contributed by atoms with van der Waals surface area (Å²) in [7, 11) is 0. The van der Waals surface area contributed by atoms with E-state index in [1.165, 1.54) is 0 Å². The smallest absolute Gasteiger partial charge is 0.259 e. The molecule has 3 aromatic rings. The molecule has 5 nitrogen and oxygen atoms in total. The van der Waals surface area contributed by atoms with Crippen LogP contribution in [0.25, 0.3) is 5.65 Å². The van der Waals surface area contributed by atoms with Crippen molar-refractivity contribution >= 4 is 17.2 Å². The van der Waals surface area contributed by atoms with Gasteiger partial charge in [-0.15, -0.1) is 0 Å². The van der Waals surface area contributed by atoms with Crippen LogP contribution in [0.2, 0.25) is 0 Å². The second kappa shape index (κ2) is 8.50. The quantitative estimate of drug-likeness (QED) is 0.640. The molecule has 150 valence electrons. The fourth-order valence-corrected chi connectivity index (χ4v) is 3.25. The van der Waals surface area contributed by atoms with Gasteiger partial charge >= 0.3 is 0 Å². The summed E-state index contributed by atoms with van der Waals surface area (Å²) in [5.41, 5.74) is 4.42. The molecule has 0 saturated carbocycles. The van der Waals surface area contributed by atoms with Crippen molar-refractivity contribution in [3.05, 3.63) is 65.1 Å². The number of anilines is 1. The Hall–Kier alpha value is -3.10. The molecule has 0 unspecified atom stereocenters. The van der Waals surface area contributed by atoms with Crippen LogP contribution in [0, 0.1) is 25.7 Å². The second-order valence-electron chi connectivity index (χ2n) is 7.67. The third kappa shape index (κ3) is 5.04. The molecular formula is C24H27N3O2. The summed E-state index contributed by atoms with van der Waals surface area (Å²) >= 11 is 0. The number of fused-ring (bicyclic) bond motifs is 1. The van der Waals surface area contributed by atoms with Gasteiger partial charge in [-0.2, -0.15) is 0 Å². The van der Waals surface area contributed by atoms with Crippen molar-refractivity contribution < 1.29 is 9.53 Å². The largest absolute Gasteiger partial charge is 0.375 e. The summed E-state index contributed by atoms with van der Waals surface area (Å²) < 4.78 is 7.59. The predicted molar refractivity (Wildman–Crippen MR) is 116 cm³/mol. The van der Waals surface area contributed by atoms with E-state index in [-0.39, 0.29) is 11.5 Å². The number of ether oxygens (including phenoxy) is 1. The van der Waals surface area contributed by atoms with Crippen molar-refractivity contribution in [1.82, 2.24) is 9.38 Å². The Morgan fingerprint density at radius 2 is 2.03 bits per heavy atom. The number of benzene rings is 1. The van der Waals surface area contributed by atoms with E-state index in [4.69, 9.17) is 4.74 Å². The summed E-state index contributed by atoms with van der Waals surface area (Å²) in [6, 6.07) is 11.3. The highest BCUT2D eigenvalue weighted by Crippen LogP contribution is 2.18. The van der Waals surface area contributed by atoms with E-state index in [2.05, 4.69) is 22.1 Å². The first-order chi connectivity index (χ1) is 13.8. The minimum absolute atomic E-state index is 0.187. The van der Waals surface area contributed by atoms with E-state index in [0.717, 1.165) is 17.0 Å². The molecule has 0 spiro atoms. The van der Waals surface area contributed by atoms with Gasteiger partial charge in [-0.05, 0) is 65.0 Å². The van der Waals surface area contributed by atoms with Crippen LogP contribution in [-0.4, -0.2) is 27.5 Å². The number of aromatic nitrogens is 2. The van der Waals surface area contributed by atoms with Crippen LogP contribution >= 0.6 is 0 Å². The summed E-state index contributed by atoms with van der Waals surface area (Å²) in [5, 5.41) is 2.96. The maximum absolute atomic E-state index is 12.8. The van der Waals surface area contributed by atoms with Gasteiger partial charge in [0.15, 0.2) is 0 Å². The van der Waals surface area contributed by atoms with Gasteiger partial charge in [-0.3, -0.25) is 4.79 Å². The molecule has 0 aliphatic rings. The molecular weight excluding hydrogens is 362 g/mol. The standard InChI is InChI=1S/C24H27N3O2/c1-6-29-24(4,5)13-8-10-19-9-7-11-20(16-19)26-23(28)21-12-14-27-18(3)15-17(2)25-22(21)27/h7,9,11-12,14-16H,6,13H2,1-5H3,(H,26,28). The van der Waals surface area contributed by atoms with Crippen LogP contribution < -0.4 is 5.32 Å². The molecule has 5 heteroatoms. The molecule has 0 aliphatic heterocycles. The molecule has 3 rings (SSSR count). The highest BCUT2D eigenvalue weighted by molar-refractivity contribution is 6.08. The lowest BCUT2D eigenvalue weighted by Gasteiger charge is -2.21. The Morgan fingerprint density at radius 3 is 2.79 bits per heavy atom. The number of aryl methyl sites for hydroxylation is 2. The zero-order chi connectivity index (χ0) is 21.0. The molecule has 0 radical (unpaired) electrons. The van der Waals surface area contributed by atoms with Crippen LogP contribution in [0.5, 0.6) is 0 Å². The first-order valence-electron chi connectivity index (χ1n) is 9.78. The van der Waals surface area contributed by atoms with E-state index in [1.807, 2.05) is 75.5 Å². The van der Waals surface area contributed by atoms with Crippen molar-refractivity contribution in [1.29, 1.82) is 0 Å². The maximum Gasteiger partial charge on any atom is 0.259 e. The molecule has 0 saturated heterocycles. The summed E-state index contributed by atoms with van der Waals surface area (Å²) in [5.74, 6) is 6.14. The fraction of sp³-hybridized carbons (Fsp3) is 0.333. The Morgan fingerprint density at radius 1 is 1.24 bits per heavy atom. The zero-order valence-corrected chi connectivity index (χ0v) is 17.7. The van der Waals surface area contributed by atoms with Crippen molar-refractivity contribution in [2.75, 3.05) is 11.9 Å². The first-order valence-corrected chi connectivity index (χ1v) is 9.78. The summed E-state index contributed by atoms with van der Waals surface area (Å²) in [6.45, 7) is 10.6. The number of carbonyl (C=O) groups is 1. The maximum atomic E-state index is 12.8. The third-order valence-electron chi connectivity index (χ3n) is 4.59. The number of rotatable bonds is 5. The van der Waals surface area contributed by atoms with Crippen LogP contribution in [0.4, 0.5) is 5.69 Å². The number of nitrogens with zero attached hydrogens (tertiary/aromatic N) is 2. The normalized spacial score (nSPS) is 11.2. The van der Waals surface area contributed by atoms with Gasteiger partial charge in [0.1, 0.15) is 5.65 Å². The van der Waals surface area contributed by atoms with Gasteiger partial charge in [-0.1, -0.05) is 17.9 Å². The van der Waals surface area contributed by atoms with Crippen molar-refractivity contribution in [2.24, 2.45) is 0 Å². The second-order valence-corrected chi connectivity index (χ2v) is 7.67. The number of carbonyl (C=O) groups excluding carboxylic acids is 1. The number of hydrogen-bond donors (Lipinski definition) is 1. The average molecular weight is 389 g/mol. The Labute approximate surface area is 172 Å². The molecule has 0 atom stereocenters. The third-order valence-corrected chi connectivity index (χ3v) is 4.59. The summed E-state index contributed by atoms with van der Waals surface area (Å²) in [6.07, 6.45) is 2.51. The lowest BCUT2D eigenvalue weighted by molar-refractivity contribution is -0.00570. The van der Waals surface area contributed by atoms with Crippen LogP contribution in [0.3, 0.4) is 0 Å². The van der Waals surface area contributed by atoms with Gasteiger partial charge in [0.05, 0.1) is 11.2 Å². The van der Waals surface area contributed by atoms with Crippen LogP contribution in [0.1, 0.15) is 54.5 Å². The van der Waals surface area contributed by atoms with Crippen LogP contribution in [0.15, 0.2) is 42.6 Å². The molecule has 0 fully saturated rings. The van der Waals surface area contributed by atoms with E-state index < -0.39 is 0 Å². The highest BCUT2D eigenvalue weighted by atomic mass is 16.5. The minimum atomic E-state index is -0.270.